The predicted molar refractivity (Wildman–Crippen MR) is 41.2 cm³/mol. The molecule has 56 valence electrons. The zero-order valence-electron chi connectivity index (χ0n) is 6.43. The van der Waals surface area contributed by atoms with Gasteiger partial charge in [0.05, 0.1) is 0 Å². The predicted octanol–water partition coefficient (Wildman–Crippen LogP) is -0.422. The van der Waals surface area contributed by atoms with Crippen LogP contribution < -0.4 is 0 Å². The molecule has 9 heavy (non-hydrogen) atoms. The minimum absolute atomic E-state index is 0.566. The first-order valence-electron chi connectivity index (χ1n) is 2.78. The maximum Gasteiger partial charge on any atom is 0.337 e. The molecule has 0 atom stereocenters. The van der Waals surface area contributed by atoms with Crippen molar-refractivity contribution in [3.05, 3.63) is 0 Å². The summed E-state index contributed by atoms with van der Waals surface area (Å²) >= 11 is 0. The van der Waals surface area contributed by atoms with Crippen LogP contribution in [0.25, 0.3) is 0 Å². The topological polar surface area (TPSA) is 27.7 Å². The molecule has 0 fully saturated rings. The van der Waals surface area contributed by atoms with Crippen LogP contribution in [0.1, 0.15) is 0 Å². The van der Waals surface area contributed by atoms with Gasteiger partial charge in [-0.2, -0.15) is 0 Å². The molecule has 0 aromatic rings. The summed E-state index contributed by atoms with van der Waals surface area (Å²) in [6.45, 7) is 2.02. The second-order valence-electron chi connectivity index (χ2n) is 1.98. The molecule has 0 aromatic carbocycles. The molecule has 5 heteroatoms. The van der Waals surface area contributed by atoms with E-state index in [-0.39, 0.29) is 0 Å². The minimum atomic E-state index is -1.78. The molecule has 0 radical (unpaired) electrons. The van der Waals surface area contributed by atoms with Crippen LogP contribution >= 0.6 is 0 Å². The van der Waals surface area contributed by atoms with Gasteiger partial charge in [-0.3, -0.25) is 0 Å². The Morgan fingerprint density at radius 3 is 1.67 bits per heavy atom. The lowest BCUT2D eigenvalue weighted by Crippen LogP contribution is -2.44. The van der Waals surface area contributed by atoms with Crippen LogP contribution in [-0.4, -0.2) is 38.7 Å². The van der Waals surface area contributed by atoms with E-state index in [9.17, 15) is 0 Å². The van der Waals surface area contributed by atoms with Crippen molar-refractivity contribution >= 4 is 17.4 Å². The molecule has 0 aliphatic rings. The van der Waals surface area contributed by atoms with Gasteiger partial charge in [0.1, 0.15) is 0 Å². The molecule has 0 bridgehead atoms. The third kappa shape index (κ3) is 3.12. The maximum atomic E-state index is 5.18. The summed E-state index contributed by atoms with van der Waals surface area (Å²) in [5.74, 6) is 0. The van der Waals surface area contributed by atoms with Gasteiger partial charge < -0.3 is 13.3 Å². The van der Waals surface area contributed by atoms with Gasteiger partial charge in [-0.1, -0.05) is 0 Å². The van der Waals surface area contributed by atoms with Crippen molar-refractivity contribution < 1.29 is 13.3 Å². The van der Waals surface area contributed by atoms with Crippen molar-refractivity contribution in [1.29, 1.82) is 0 Å². The SMILES string of the molecule is CO[SiH2][Si](C)(OC)OC. The fourth-order valence-electron chi connectivity index (χ4n) is 0.463. The van der Waals surface area contributed by atoms with Crippen LogP contribution in [0.4, 0.5) is 0 Å². The van der Waals surface area contributed by atoms with Crippen LogP contribution in [0.15, 0.2) is 0 Å². The number of rotatable bonds is 4. The number of hydrogen-bond donors (Lipinski definition) is 0. The lowest BCUT2D eigenvalue weighted by Gasteiger charge is -2.20. The smallest absolute Gasteiger partial charge is 0.337 e. The Morgan fingerprint density at radius 2 is 1.56 bits per heavy atom. The van der Waals surface area contributed by atoms with Crippen molar-refractivity contribution in [1.82, 2.24) is 0 Å². The van der Waals surface area contributed by atoms with Gasteiger partial charge in [-0.15, -0.1) is 0 Å². The Balaban J connectivity index is 3.62. The van der Waals surface area contributed by atoms with Crippen LogP contribution in [0.5, 0.6) is 0 Å². The molecule has 0 rings (SSSR count). The second kappa shape index (κ2) is 4.18. The Morgan fingerprint density at radius 1 is 1.11 bits per heavy atom. The molecule has 0 N–H and O–H groups in total. The fourth-order valence-corrected chi connectivity index (χ4v) is 3.67. The van der Waals surface area contributed by atoms with Gasteiger partial charge in [0.15, 0.2) is 0 Å². The molecule has 0 unspecified atom stereocenters. The standard InChI is InChI=1S/C4H14O3Si2/c1-5-8-9(4,6-2)7-3/h8H2,1-4H3. The zero-order chi connectivity index (χ0) is 7.33. The first-order chi connectivity index (χ1) is 4.18. The molecule has 0 aromatic heterocycles. The molecule has 0 saturated carbocycles. The summed E-state index contributed by atoms with van der Waals surface area (Å²) in [6, 6.07) is 0. The highest BCUT2D eigenvalue weighted by atomic mass is 29.2. The van der Waals surface area contributed by atoms with Gasteiger partial charge in [0.25, 0.3) is 0 Å². The Hall–Kier alpha value is 0.314. The molecule has 3 nitrogen and oxygen atoms in total. The molecular weight excluding hydrogens is 152 g/mol. The van der Waals surface area contributed by atoms with Crippen molar-refractivity contribution in [2.24, 2.45) is 0 Å². The van der Waals surface area contributed by atoms with Crippen LogP contribution in [0.3, 0.4) is 0 Å². The monoisotopic (exact) mass is 166 g/mol. The lowest BCUT2D eigenvalue weighted by atomic mass is 11.8. The van der Waals surface area contributed by atoms with Crippen molar-refractivity contribution in [2.45, 2.75) is 6.55 Å². The van der Waals surface area contributed by atoms with E-state index in [4.69, 9.17) is 13.3 Å². The van der Waals surface area contributed by atoms with Crippen LogP contribution in [-0.2, 0) is 13.3 Å². The highest BCUT2D eigenvalue weighted by Gasteiger charge is 2.28. The zero-order valence-corrected chi connectivity index (χ0v) is 8.85. The largest absolute Gasteiger partial charge is 0.424 e. The summed E-state index contributed by atoms with van der Waals surface area (Å²) in [5, 5.41) is 0. The molecule has 0 amide bonds. The minimum Gasteiger partial charge on any atom is -0.424 e. The first-order valence-corrected chi connectivity index (χ1v) is 8.00. The molecule has 0 saturated heterocycles. The quantitative estimate of drug-likeness (QED) is 0.531. The van der Waals surface area contributed by atoms with Gasteiger partial charge in [-0.05, 0) is 6.55 Å². The van der Waals surface area contributed by atoms with E-state index in [1.807, 2.05) is 6.55 Å². The third-order valence-electron chi connectivity index (χ3n) is 1.27. The third-order valence-corrected chi connectivity index (χ3v) is 7.98. The normalized spacial score (nSPS) is 13.3. The van der Waals surface area contributed by atoms with E-state index in [0.29, 0.717) is 0 Å². The van der Waals surface area contributed by atoms with Crippen molar-refractivity contribution in [2.75, 3.05) is 21.3 Å². The first kappa shape index (κ1) is 9.31. The Labute approximate surface area is 59.3 Å². The second-order valence-corrected chi connectivity index (χ2v) is 10.6. The molecular formula is C4H14O3Si2. The van der Waals surface area contributed by atoms with E-state index >= 15 is 0 Å². The fraction of sp³-hybridized carbons (Fsp3) is 1.00. The van der Waals surface area contributed by atoms with E-state index in [1.54, 1.807) is 21.3 Å². The molecule has 0 spiro atoms. The van der Waals surface area contributed by atoms with E-state index in [0.717, 1.165) is 0 Å². The van der Waals surface area contributed by atoms with E-state index < -0.39 is 17.4 Å². The van der Waals surface area contributed by atoms with E-state index in [2.05, 4.69) is 0 Å². The maximum absolute atomic E-state index is 5.18. The van der Waals surface area contributed by atoms with Gasteiger partial charge >= 0.3 is 8.08 Å². The number of hydrogen-bond acceptors (Lipinski definition) is 3. The molecule has 0 aliphatic heterocycles. The van der Waals surface area contributed by atoms with Crippen molar-refractivity contribution in [3.63, 3.8) is 0 Å². The van der Waals surface area contributed by atoms with Crippen LogP contribution in [0.2, 0.25) is 6.55 Å². The highest BCUT2D eigenvalue weighted by molar-refractivity contribution is 7.14. The summed E-state index contributed by atoms with van der Waals surface area (Å²) in [6.07, 6.45) is 0. The summed E-state index contributed by atoms with van der Waals surface area (Å²) in [5.41, 5.74) is 0. The summed E-state index contributed by atoms with van der Waals surface area (Å²) in [4.78, 5) is 0. The average molecular weight is 166 g/mol. The lowest BCUT2D eigenvalue weighted by molar-refractivity contribution is 0.264. The van der Waals surface area contributed by atoms with Gasteiger partial charge in [-0.25, -0.2) is 0 Å². The summed E-state index contributed by atoms with van der Waals surface area (Å²) in [7, 11) is 2.72. The van der Waals surface area contributed by atoms with Crippen molar-refractivity contribution in [3.8, 4) is 0 Å². The van der Waals surface area contributed by atoms with E-state index in [1.165, 1.54) is 0 Å². The highest BCUT2D eigenvalue weighted by Crippen LogP contribution is 2.00. The van der Waals surface area contributed by atoms with Gasteiger partial charge in [0.2, 0.25) is 9.28 Å². The molecule has 0 heterocycles. The molecule has 0 aliphatic carbocycles. The Kier molecular flexibility index (Phi) is 4.33. The summed E-state index contributed by atoms with van der Waals surface area (Å²) < 4.78 is 15.4. The van der Waals surface area contributed by atoms with Gasteiger partial charge in [0, 0.05) is 21.3 Å². The Bertz CT molecular complexity index is 74.2. The average Bonchev–Trinajstić information content (AvgIpc) is 1.89. The van der Waals surface area contributed by atoms with Crippen LogP contribution in [0, 0.1) is 0 Å².